The van der Waals surface area contributed by atoms with Crippen molar-refractivity contribution in [2.45, 2.75) is 4.83 Å². The average molecular weight is 291 g/mol. The first kappa shape index (κ1) is 13.4. The van der Waals surface area contributed by atoms with Gasteiger partial charge in [0.1, 0.15) is 0 Å². The van der Waals surface area contributed by atoms with E-state index < -0.39 is 0 Å². The van der Waals surface area contributed by atoms with Crippen LogP contribution in [0.2, 0.25) is 0 Å². The van der Waals surface area contributed by atoms with E-state index in [-0.39, 0.29) is 4.83 Å². The standard InChI is InChI=1S/C9H15ClN6OS/c1-14-5-15(2)9(12-13-17)16(6-14)4-7-3-11-8(10)18-7/h3,8,11H,4-6H2,1-2H3/b12-9+. The number of alkyl halides is 1. The molecule has 2 aliphatic rings. The summed E-state index contributed by atoms with van der Waals surface area (Å²) in [6.45, 7) is 2.07. The predicted molar refractivity (Wildman–Crippen MR) is 73.6 cm³/mol. The number of nitrogens with zero attached hydrogens (tertiary/aromatic N) is 5. The fourth-order valence-corrected chi connectivity index (χ4v) is 3.17. The zero-order valence-electron chi connectivity index (χ0n) is 10.2. The van der Waals surface area contributed by atoms with Crippen LogP contribution in [0.1, 0.15) is 0 Å². The molecule has 1 atom stereocenters. The van der Waals surface area contributed by atoms with Crippen LogP contribution in [0.5, 0.6) is 0 Å². The third-order valence-electron chi connectivity index (χ3n) is 2.60. The predicted octanol–water partition coefficient (Wildman–Crippen LogP) is 0.818. The first-order chi connectivity index (χ1) is 8.60. The van der Waals surface area contributed by atoms with Gasteiger partial charge in [-0.3, -0.25) is 4.90 Å². The average Bonchev–Trinajstić information content (AvgIpc) is 2.69. The minimum Gasteiger partial charge on any atom is -0.366 e. The van der Waals surface area contributed by atoms with Gasteiger partial charge in [-0.15, -0.1) is 4.91 Å². The van der Waals surface area contributed by atoms with Gasteiger partial charge in [-0.25, -0.2) is 0 Å². The Morgan fingerprint density at radius 2 is 2.33 bits per heavy atom. The number of halogens is 1. The highest BCUT2D eigenvalue weighted by Gasteiger charge is 2.27. The quantitative estimate of drug-likeness (QED) is 0.359. The molecule has 0 saturated carbocycles. The van der Waals surface area contributed by atoms with Gasteiger partial charge in [-0.2, -0.15) is 0 Å². The van der Waals surface area contributed by atoms with Gasteiger partial charge in [-0.05, 0) is 7.05 Å². The van der Waals surface area contributed by atoms with Gasteiger partial charge in [0, 0.05) is 18.2 Å². The Morgan fingerprint density at radius 3 is 2.94 bits per heavy atom. The van der Waals surface area contributed by atoms with Crippen LogP contribution in [-0.2, 0) is 0 Å². The Balaban J connectivity index is 2.07. The van der Waals surface area contributed by atoms with Gasteiger partial charge < -0.3 is 15.1 Å². The molecule has 100 valence electrons. The van der Waals surface area contributed by atoms with Crippen molar-refractivity contribution in [3.05, 3.63) is 16.0 Å². The Morgan fingerprint density at radius 1 is 1.56 bits per heavy atom. The van der Waals surface area contributed by atoms with Crippen LogP contribution in [0.3, 0.4) is 0 Å². The molecule has 9 heteroatoms. The molecular formula is C9H15ClN6OS. The van der Waals surface area contributed by atoms with Gasteiger partial charge in [0.25, 0.3) is 0 Å². The van der Waals surface area contributed by atoms with Crippen molar-refractivity contribution in [2.24, 2.45) is 10.4 Å². The molecule has 0 spiro atoms. The Hall–Kier alpha value is -0.990. The molecule has 0 aliphatic carbocycles. The van der Waals surface area contributed by atoms with E-state index in [0.717, 1.165) is 4.91 Å². The van der Waals surface area contributed by atoms with Crippen LogP contribution in [0.15, 0.2) is 21.5 Å². The lowest BCUT2D eigenvalue weighted by atomic mass is 10.4. The molecule has 2 heterocycles. The fourth-order valence-electron chi connectivity index (χ4n) is 1.99. The van der Waals surface area contributed by atoms with E-state index in [1.807, 2.05) is 30.1 Å². The molecule has 0 aromatic rings. The Labute approximate surface area is 115 Å². The maximum absolute atomic E-state index is 10.4. The highest BCUT2D eigenvalue weighted by molar-refractivity contribution is 8.05. The van der Waals surface area contributed by atoms with Crippen LogP contribution in [0.25, 0.3) is 0 Å². The van der Waals surface area contributed by atoms with Gasteiger partial charge in [0.2, 0.25) is 5.96 Å². The Bertz CT molecular complexity index is 389. The third kappa shape index (κ3) is 3.06. The minimum absolute atomic E-state index is 0.121. The topological polar surface area (TPSA) is 63.5 Å². The first-order valence-corrected chi connectivity index (χ1v) is 6.72. The number of hydrogen-bond acceptors (Lipinski definition) is 5. The van der Waals surface area contributed by atoms with E-state index in [4.69, 9.17) is 11.6 Å². The van der Waals surface area contributed by atoms with Gasteiger partial charge in [0.05, 0.1) is 25.2 Å². The monoisotopic (exact) mass is 290 g/mol. The molecular weight excluding hydrogens is 276 g/mol. The molecule has 7 nitrogen and oxygen atoms in total. The molecule has 1 saturated heterocycles. The van der Waals surface area contributed by atoms with Crippen molar-refractivity contribution < 1.29 is 0 Å². The molecule has 18 heavy (non-hydrogen) atoms. The number of hydrogen-bond donors (Lipinski definition) is 1. The third-order valence-corrected chi connectivity index (χ3v) is 3.88. The van der Waals surface area contributed by atoms with Crippen LogP contribution in [0, 0.1) is 4.91 Å². The largest absolute Gasteiger partial charge is 0.366 e. The number of nitroso groups, excluding NO2 is 1. The second-order valence-corrected chi connectivity index (χ2v) is 6.15. The lowest BCUT2D eigenvalue weighted by Gasteiger charge is -2.41. The molecule has 1 unspecified atom stereocenters. The first-order valence-electron chi connectivity index (χ1n) is 5.41. The van der Waals surface area contributed by atoms with Crippen LogP contribution >= 0.6 is 23.4 Å². The molecule has 2 rings (SSSR count). The fraction of sp³-hybridized carbons (Fsp3) is 0.667. The maximum atomic E-state index is 10.4. The minimum atomic E-state index is -0.121. The Kier molecular flexibility index (Phi) is 4.31. The summed E-state index contributed by atoms with van der Waals surface area (Å²) in [6, 6.07) is 0. The van der Waals surface area contributed by atoms with E-state index in [0.29, 0.717) is 25.8 Å². The van der Waals surface area contributed by atoms with E-state index in [9.17, 15) is 4.91 Å². The van der Waals surface area contributed by atoms with Gasteiger partial charge in [-0.1, -0.05) is 28.5 Å². The van der Waals surface area contributed by atoms with Crippen molar-refractivity contribution in [1.82, 2.24) is 20.0 Å². The van der Waals surface area contributed by atoms with Crippen molar-refractivity contribution in [2.75, 3.05) is 34.0 Å². The molecule has 0 amide bonds. The van der Waals surface area contributed by atoms with E-state index in [1.165, 1.54) is 0 Å². The number of nitrogens with one attached hydrogen (secondary N) is 1. The smallest absolute Gasteiger partial charge is 0.227 e. The van der Waals surface area contributed by atoms with E-state index >= 15 is 0 Å². The number of guanidine groups is 1. The highest BCUT2D eigenvalue weighted by atomic mass is 35.5. The number of rotatable bonds is 3. The van der Waals surface area contributed by atoms with Crippen molar-refractivity contribution >= 4 is 29.3 Å². The summed E-state index contributed by atoms with van der Waals surface area (Å²) >= 11 is 7.50. The van der Waals surface area contributed by atoms with E-state index in [1.54, 1.807) is 11.8 Å². The summed E-state index contributed by atoms with van der Waals surface area (Å²) in [5, 5.41) is 9.32. The second kappa shape index (κ2) is 5.77. The van der Waals surface area contributed by atoms with Crippen molar-refractivity contribution in [3.63, 3.8) is 0 Å². The van der Waals surface area contributed by atoms with Gasteiger partial charge >= 0.3 is 0 Å². The van der Waals surface area contributed by atoms with Crippen molar-refractivity contribution in [3.8, 4) is 0 Å². The molecule has 0 aromatic carbocycles. The van der Waals surface area contributed by atoms with Crippen LogP contribution in [-0.4, -0.2) is 59.5 Å². The summed E-state index contributed by atoms with van der Waals surface area (Å²) in [6.07, 6.45) is 1.89. The SMILES string of the molecule is CN1CN(C)/C(=N\N=O)N(CC2=CNC(Cl)S2)C1. The lowest BCUT2D eigenvalue weighted by Crippen LogP contribution is -2.56. The summed E-state index contributed by atoms with van der Waals surface area (Å²) in [4.78, 5) is 17.4. The summed E-state index contributed by atoms with van der Waals surface area (Å²) in [5.41, 5.74) is 0. The molecule has 1 N–H and O–H groups in total. The molecule has 2 aliphatic heterocycles. The normalized spacial score (nSPS) is 27.4. The van der Waals surface area contributed by atoms with Crippen LogP contribution in [0.4, 0.5) is 0 Å². The molecule has 0 radical (unpaired) electrons. The summed E-state index contributed by atoms with van der Waals surface area (Å²) < 4.78 is 0. The molecule has 0 bridgehead atoms. The van der Waals surface area contributed by atoms with E-state index in [2.05, 4.69) is 20.6 Å². The lowest BCUT2D eigenvalue weighted by molar-refractivity contribution is 0.121. The highest BCUT2D eigenvalue weighted by Crippen LogP contribution is 2.29. The summed E-state index contributed by atoms with van der Waals surface area (Å²) in [5.74, 6) is 0.586. The zero-order valence-corrected chi connectivity index (χ0v) is 11.8. The van der Waals surface area contributed by atoms with Crippen LogP contribution < -0.4 is 5.32 Å². The maximum Gasteiger partial charge on any atom is 0.227 e. The van der Waals surface area contributed by atoms with Crippen molar-refractivity contribution in [1.29, 1.82) is 0 Å². The second-order valence-electron chi connectivity index (χ2n) is 4.23. The molecule has 0 aromatic heterocycles. The van der Waals surface area contributed by atoms with Gasteiger partial charge in [0.15, 0.2) is 4.83 Å². The molecule has 1 fully saturated rings. The zero-order chi connectivity index (χ0) is 13.1. The summed E-state index contributed by atoms with van der Waals surface area (Å²) in [7, 11) is 3.89. The number of thioether (sulfide) groups is 1.